The second-order valence-electron chi connectivity index (χ2n) is 5.94. The molecule has 4 N–H and O–H groups in total. The Hall–Kier alpha value is -0.280. The molecule has 0 radical (unpaired) electrons. The first kappa shape index (κ1) is 21.7. The minimum Gasteiger partial charge on any atom is -0.344 e. The van der Waals surface area contributed by atoms with Crippen LogP contribution in [0.1, 0.15) is 71.3 Å². The van der Waals surface area contributed by atoms with E-state index in [1.54, 1.807) is 0 Å². The summed E-state index contributed by atoms with van der Waals surface area (Å²) in [6.07, 6.45) is 8.75. The fraction of sp³-hybridized carbons (Fsp3) is 0.667. The zero-order chi connectivity index (χ0) is 15.7. The van der Waals surface area contributed by atoms with Crippen LogP contribution in [-0.4, -0.2) is 5.54 Å². The molecule has 1 aromatic carbocycles. The van der Waals surface area contributed by atoms with E-state index >= 15 is 0 Å². The van der Waals surface area contributed by atoms with E-state index in [9.17, 15) is 0 Å². The Morgan fingerprint density at radius 2 is 1.55 bits per heavy atom. The van der Waals surface area contributed by atoms with E-state index in [4.69, 9.17) is 23.2 Å². The van der Waals surface area contributed by atoms with Crippen LogP contribution in [0.15, 0.2) is 18.2 Å². The molecule has 4 heteroatoms. The lowest BCUT2D eigenvalue weighted by Crippen LogP contribution is -2.44. The average molecular weight is 347 g/mol. The van der Waals surface area contributed by atoms with Crippen molar-refractivity contribution in [1.82, 2.24) is 11.5 Å². The topological polar surface area (TPSA) is 47.0 Å². The van der Waals surface area contributed by atoms with E-state index in [-0.39, 0.29) is 11.7 Å². The van der Waals surface area contributed by atoms with Crippen LogP contribution in [-0.2, 0) is 6.54 Å². The summed E-state index contributed by atoms with van der Waals surface area (Å²) in [7, 11) is 0. The quantitative estimate of drug-likeness (QED) is 0.490. The molecular formula is C18H32Cl2N2. The molecule has 0 atom stereocenters. The molecule has 0 fully saturated rings. The molecule has 0 aliphatic carbocycles. The molecule has 0 aliphatic rings. The Morgan fingerprint density at radius 3 is 2.00 bits per heavy atom. The minimum atomic E-state index is 0. The highest BCUT2D eigenvalue weighted by atomic mass is 35.5. The van der Waals surface area contributed by atoms with Gasteiger partial charge in [-0.1, -0.05) is 75.7 Å². The number of hydrogen-bond acceptors (Lipinski definition) is 2. The smallest absolute Gasteiger partial charge is 0.0595 e. The van der Waals surface area contributed by atoms with Gasteiger partial charge in [0, 0.05) is 12.1 Å². The van der Waals surface area contributed by atoms with Crippen molar-refractivity contribution < 1.29 is 0 Å². The second-order valence-corrected chi connectivity index (χ2v) is 6.76. The first-order valence-electron chi connectivity index (χ1n) is 8.26. The van der Waals surface area contributed by atoms with Gasteiger partial charge in [0.1, 0.15) is 0 Å². The maximum absolute atomic E-state index is 6.11. The molecule has 0 spiro atoms. The highest BCUT2D eigenvalue weighted by Crippen LogP contribution is 2.27. The van der Waals surface area contributed by atoms with Crippen molar-refractivity contribution in [3.8, 4) is 0 Å². The summed E-state index contributed by atoms with van der Waals surface area (Å²) in [6, 6.07) is 5.91. The normalized spacial score (nSPS) is 11.3. The third-order valence-electron chi connectivity index (χ3n) is 4.35. The molecule has 1 rings (SSSR count). The van der Waals surface area contributed by atoms with Crippen molar-refractivity contribution in [2.24, 2.45) is 0 Å². The Labute approximate surface area is 146 Å². The lowest BCUT2D eigenvalue weighted by molar-refractivity contribution is 0.254. The minimum absolute atomic E-state index is 0. The molecule has 0 bridgehead atoms. The number of hydrogen-bond donors (Lipinski definition) is 2. The van der Waals surface area contributed by atoms with E-state index in [2.05, 4.69) is 32.2 Å². The van der Waals surface area contributed by atoms with E-state index < -0.39 is 0 Å². The number of benzene rings is 1. The van der Waals surface area contributed by atoms with E-state index in [0.717, 1.165) is 6.54 Å². The molecule has 0 saturated carbocycles. The maximum atomic E-state index is 6.11. The largest absolute Gasteiger partial charge is 0.344 e. The number of halogens is 2. The monoisotopic (exact) mass is 346 g/mol. The molecule has 128 valence electrons. The van der Waals surface area contributed by atoms with Gasteiger partial charge in [0.15, 0.2) is 0 Å². The molecule has 0 aliphatic heterocycles. The summed E-state index contributed by atoms with van der Waals surface area (Å²) in [6.45, 7) is 7.68. The van der Waals surface area contributed by atoms with Gasteiger partial charge in [0.25, 0.3) is 0 Å². The Balaban J connectivity index is 0.00000441. The van der Waals surface area contributed by atoms with Gasteiger partial charge in [-0.05, 0) is 37.0 Å². The summed E-state index contributed by atoms with van der Waals surface area (Å²) in [5.41, 5.74) is 1.47. The standard InChI is InChI=1S/C18H29Cl2N.H3N/c1-4-7-11-18(6-3,12-8-5-2)21-14-15-9-10-16(19)17(20)13-15;/h9-10,13,21H,4-8,11-12,14H2,1-3H3;1H3. The highest BCUT2D eigenvalue weighted by Gasteiger charge is 2.26. The van der Waals surface area contributed by atoms with Gasteiger partial charge >= 0.3 is 0 Å². The Bertz CT molecular complexity index is 414. The fourth-order valence-corrected chi connectivity index (χ4v) is 3.07. The van der Waals surface area contributed by atoms with Crippen molar-refractivity contribution in [1.29, 1.82) is 0 Å². The molecule has 1 aromatic rings. The second kappa shape index (κ2) is 11.3. The van der Waals surface area contributed by atoms with Gasteiger partial charge < -0.3 is 11.5 Å². The van der Waals surface area contributed by atoms with Crippen LogP contribution in [0, 0.1) is 0 Å². The Kier molecular flexibility index (Phi) is 11.1. The third kappa shape index (κ3) is 6.87. The number of unbranched alkanes of at least 4 members (excludes halogenated alkanes) is 2. The summed E-state index contributed by atoms with van der Waals surface area (Å²) in [5, 5.41) is 5.08. The summed E-state index contributed by atoms with van der Waals surface area (Å²) in [5.74, 6) is 0. The van der Waals surface area contributed by atoms with Gasteiger partial charge in [-0.25, -0.2) is 0 Å². The van der Waals surface area contributed by atoms with Crippen LogP contribution in [0.25, 0.3) is 0 Å². The molecule has 22 heavy (non-hydrogen) atoms. The van der Waals surface area contributed by atoms with Crippen molar-refractivity contribution in [3.63, 3.8) is 0 Å². The third-order valence-corrected chi connectivity index (χ3v) is 5.09. The van der Waals surface area contributed by atoms with E-state index in [1.807, 2.05) is 12.1 Å². The fourth-order valence-electron chi connectivity index (χ4n) is 2.75. The first-order valence-corrected chi connectivity index (χ1v) is 9.01. The van der Waals surface area contributed by atoms with E-state index in [0.29, 0.717) is 10.0 Å². The van der Waals surface area contributed by atoms with Gasteiger partial charge in [-0.15, -0.1) is 0 Å². The van der Waals surface area contributed by atoms with Crippen molar-refractivity contribution in [2.75, 3.05) is 0 Å². The highest BCUT2D eigenvalue weighted by molar-refractivity contribution is 6.42. The van der Waals surface area contributed by atoms with Crippen LogP contribution >= 0.6 is 23.2 Å². The van der Waals surface area contributed by atoms with Crippen molar-refractivity contribution >= 4 is 23.2 Å². The summed E-state index contributed by atoms with van der Waals surface area (Å²) < 4.78 is 0. The zero-order valence-corrected chi connectivity index (χ0v) is 15.9. The number of rotatable bonds is 10. The maximum Gasteiger partial charge on any atom is 0.0595 e. The molecule has 2 nitrogen and oxygen atoms in total. The van der Waals surface area contributed by atoms with Crippen molar-refractivity contribution in [2.45, 2.75) is 77.8 Å². The Morgan fingerprint density at radius 1 is 0.955 bits per heavy atom. The van der Waals surface area contributed by atoms with Crippen LogP contribution in [0.3, 0.4) is 0 Å². The summed E-state index contributed by atoms with van der Waals surface area (Å²) >= 11 is 12.1. The predicted molar refractivity (Wildman–Crippen MR) is 100 cm³/mol. The van der Waals surface area contributed by atoms with Gasteiger partial charge in [0.2, 0.25) is 0 Å². The molecular weight excluding hydrogens is 315 g/mol. The first-order chi connectivity index (χ1) is 10.1. The lowest BCUT2D eigenvalue weighted by atomic mass is 9.84. The van der Waals surface area contributed by atoms with Gasteiger partial charge in [0.05, 0.1) is 10.0 Å². The lowest BCUT2D eigenvalue weighted by Gasteiger charge is -2.35. The molecule has 0 amide bonds. The van der Waals surface area contributed by atoms with Crippen molar-refractivity contribution in [3.05, 3.63) is 33.8 Å². The van der Waals surface area contributed by atoms with Crippen LogP contribution < -0.4 is 11.5 Å². The molecule has 0 unspecified atom stereocenters. The van der Waals surface area contributed by atoms with Gasteiger partial charge in [-0.3, -0.25) is 0 Å². The van der Waals surface area contributed by atoms with Crippen LogP contribution in [0.5, 0.6) is 0 Å². The van der Waals surface area contributed by atoms with Crippen LogP contribution in [0.2, 0.25) is 10.0 Å². The molecule has 0 aromatic heterocycles. The molecule has 0 heterocycles. The molecule has 0 saturated heterocycles. The SMILES string of the molecule is CCCCC(CC)(CCCC)NCc1ccc(Cl)c(Cl)c1.N. The van der Waals surface area contributed by atoms with Gasteiger partial charge in [-0.2, -0.15) is 0 Å². The zero-order valence-electron chi connectivity index (χ0n) is 14.4. The summed E-state index contributed by atoms with van der Waals surface area (Å²) in [4.78, 5) is 0. The predicted octanol–water partition coefficient (Wildman–Crippen LogP) is 6.77. The number of nitrogens with one attached hydrogen (secondary N) is 1. The average Bonchev–Trinajstić information content (AvgIpc) is 2.50. The van der Waals surface area contributed by atoms with Crippen LogP contribution in [0.4, 0.5) is 0 Å². The van der Waals surface area contributed by atoms with E-state index in [1.165, 1.54) is 50.5 Å².